The maximum absolute atomic E-state index is 13.1. The molecule has 0 spiro atoms. The van der Waals surface area contributed by atoms with Gasteiger partial charge in [0.25, 0.3) is 5.91 Å². The third-order valence-corrected chi connectivity index (χ3v) is 4.60. The number of hydrogen-bond donors (Lipinski definition) is 2. The van der Waals surface area contributed by atoms with Crippen molar-refractivity contribution in [2.45, 2.75) is 25.9 Å². The van der Waals surface area contributed by atoms with E-state index in [1.165, 1.54) is 28.1 Å². The minimum Gasteiger partial charge on any atom is -0.383 e. The van der Waals surface area contributed by atoms with Gasteiger partial charge in [-0.2, -0.15) is 18.2 Å². The van der Waals surface area contributed by atoms with Crippen molar-refractivity contribution in [3.05, 3.63) is 41.6 Å². The Morgan fingerprint density at radius 1 is 1.35 bits per heavy atom. The zero-order valence-corrected chi connectivity index (χ0v) is 17.5. The Morgan fingerprint density at radius 3 is 2.68 bits per heavy atom. The summed E-state index contributed by atoms with van der Waals surface area (Å²) in [5, 5.41) is 2.60. The van der Waals surface area contributed by atoms with Crippen molar-refractivity contribution in [2.24, 2.45) is 0 Å². The van der Waals surface area contributed by atoms with Crippen LogP contribution in [-0.2, 0) is 6.18 Å². The number of rotatable bonds is 6. The monoisotopic (exact) mass is 458 g/mol. The lowest BCUT2D eigenvalue weighted by molar-refractivity contribution is -0.137. The van der Waals surface area contributed by atoms with Crippen molar-refractivity contribution >= 4 is 41.8 Å². The summed E-state index contributed by atoms with van der Waals surface area (Å²) < 4.78 is 39.3. The van der Waals surface area contributed by atoms with Gasteiger partial charge >= 0.3 is 12.2 Å². The molecule has 12 heteroatoms. The molecule has 168 valence electrons. The normalized spacial score (nSPS) is 13.5. The maximum atomic E-state index is 13.1. The van der Waals surface area contributed by atoms with E-state index in [0.717, 1.165) is 18.6 Å². The highest BCUT2D eigenvalue weighted by atomic mass is 35.5. The summed E-state index contributed by atoms with van der Waals surface area (Å²) in [6, 6.07) is 4.18. The number of carbonyl (C=O) groups is 2. The van der Waals surface area contributed by atoms with Crippen LogP contribution in [0.25, 0.3) is 0 Å². The fourth-order valence-corrected chi connectivity index (χ4v) is 3.00. The molecule has 0 radical (unpaired) electrons. The van der Waals surface area contributed by atoms with Crippen LogP contribution >= 0.6 is 12.4 Å². The number of hydrogen-bond acceptors (Lipinski definition) is 5. The lowest BCUT2D eigenvalue weighted by Gasteiger charge is -2.24. The number of anilines is 3. The molecule has 3 rings (SSSR count). The molecule has 1 aromatic heterocycles. The van der Waals surface area contributed by atoms with Crippen LogP contribution in [0.15, 0.2) is 30.5 Å². The van der Waals surface area contributed by atoms with Gasteiger partial charge in [0, 0.05) is 31.5 Å². The number of alkyl halides is 3. The van der Waals surface area contributed by atoms with Crippen molar-refractivity contribution < 1.29 is 22.8 Å². The SMILES string of the molecule is CCCCN(C(=O)c1cnc(N2CCNC2=O)nc1N)c1cccc(C(F)(F)F)c1.Cl. The molecule has 8 nitrogen and oxygen atoms in total. The van der Waals surface area contributed by atoms with E-state index in [-0.39, 0.29) is 48.0 Å². The molecule has 0 aliphatic carbocycles. The van der Waals surface area contributed by atoms with Crippen LogP contribution in [0.1, 0.15) is 35.7 Å². The lowest BCUT2D eigenvalue weighted by Crippen LogP contribution is -2.34. The summed E-state index contributed by atoms with van der Waals surface area (Å²) in [6.07, 6.45) is -2.03. The first-order valence-corrected chi connectivity index (χ1v) is 9.39. The van der Waals surface area contributed by atoms with E-state index in [9.17, 15) is 22.8 Å². The number of nitrogens with one attached hydrogen (secondary N) is 1. The standard InChI is InChI=1S/C19H21F3N6O2.ClH/c1-2-3-8-27(13-6-4-5-12(10-13)19(20,21)22)16(29)14-11-25-17(26-15(14)23)28-9-7-24-18(28)30;/h4-6,10-11H,2-3,7-9H2,1H3,(H,24,30)(H2,23,25,26);1H. The number of nitrogen functional groups attached to an aromatic ring is 1. The first kappa shape index (κ1) is 24.2. The minimum atomic E-state index is -4.53. The average molecular weight is 459 g/mol. The molecule has 1 aliphatic rings. The van der Waals surface area contributed by atoms with Crippen LogP contribution in [0.5, 0.6) is 0 Å². The Bertz CT molecular complexity index is 956. The quantitative estimate of drug-likeness (QED) is 0.689. The maximum Gasteiger partial charge on any atom is 0.416 e. The van der Waals surface area contributed by atoms with Crippen LogP contribution in [0.4, 0.5) is 35.4 Å². The topological polar surface area (TPSA) is 104 Å². The van der Waals surface area contributed by atoms with E-state index in [4.69, 9.17) is 5.73 Å². The number of aromatic nitrogens is 2. The Morgan fingerprint density at radius 2 is 2.10 bits per heavy atom. The Kier molecular flexibility index (Phi) is 7.66. The number of amides is 3. The fraction of sp³-hybridized carbons (Fsp3) is 0.368. The lowest BCUT2D eigenvalue weighted by atomic mass is 10.1. The Hall–Kier alpha value is -3.08. The van der Waals surface area contributed by atoms with Gasteiger partial charge in [-0.05, 0) is 24.6 Å². The highest BCUT2D eigenvalue weighted by Gasteiger charge is 2.32. The van der Waals surface area contributed by atoms with E-state index in [0.29, 0.717) is 19.5 Å². The Balaban J connectivity index is 0.00000341. The molecule has 0 unspecified atom stereocenters. The van der Waals surface area contributed by atoms with Crippen LogP contribution in [0.2, 0.25) is 0 Å². The number of carbonyl (C=O) groups excluding carboxylic acids is 2. The molecule has 0 saturated carbocycles. The summed E-state index contributed by atoms with van der Waals surface area (Å²) in [5.74, 6) is -0.714. The van der Waals surface area contributed by atoms with Gasteiger partial charge in [0.1, 0.15) is 11.4 Å². The second kappa shape index (κ2) is 9.82. The number of halogens is 4. The number of nitrogens with zero attached hydrogens (tertiary/aromatic N) is 4. The summed E-state index contributed by atoms with van der Waals surface area (Å²) in [6.45, 7) is 2.90. The predicted octanol–water partition coefficient (Wildman–Crippen LogP) is 3.48. The summed E-state index contributed by atoms with van der Waals surface area (Å²) in [7, 11) is 0. The van der Waals surface area contributed by atoms with Gasteiger partial charge in [-0.1, -0.05) is 19.4 Å². The van der Waals surface area contributed by atoms with Crippen molar-refractivity contribution in [3.63, 3.8) is 0 Å². The van der Waals surface area contributed by atoms with E-state index in [1.54, 1.807) is 0 Å². The van der Waals surface area contributed by atoms with Gasteiger partial charge in [0.05, 0.1) is 5.56 Å². The predicted molar refractivity (Wildman–Crippen MR) is 112 cm³/mol. The van der Waals surface area contributed by atoms with Gasteiger partial charge < -0.3 is 16.0 Å². The molecule has 3 amide bonds. The smallest absolute Gasteiger partial charge is 0.383 e. The fourth-order valence-electron chi connectivity index (χ4n) is 3.00. The zero-order valence-electron chi connectivity index (χ0n) is 16.6. The first-order chi connectivity index (χ1) is 14.2. The van der Waals surface area contributed by atoms with Crippen molar-refractivity contribution in [2.75, 3.05) is 35.2 Å². The first-order valence-electron chi connectivity index (χ1n) is 9.39. The molecule has 1 saturated heterocycles. The molecule has 0 atom stereocenters. The third kappa shape index (κ3) is 5.35. The number of unbranched alkanes of at least 4 members (excludes halogenated alkanes) is 1. The number of nitrogens with two attached hydrogens (primary N) is 1. The number of urea groups is 1. The van der Waals surface area contributed by atoms with Crippen LogP contribution in [0.3, 0.4) is 0 Å². The second-order valence-electron chi connectivity index (χ2n) is 6.71. The van der Waals surface area contributed by atoms with E-state index < -0.39 is 17.6 Å². The molecule has 1 fully saturated rings. The summed E-state index contributed by atoms with van der Waals surface area (Å²) >= 11 is 0. The second-order valence-corrected chi connectivity index (χ2v) is 6.71. The van der Waals surface area contributed by atoms with Crippen molar-refractivity contribution in [3.8, 4) is 0 Å². The number of benzene rings is 1. The molecule has 1 aliphatic heterocycles. The van der Waals surface area contributed by atoms with E-state index >= 15 is 0 Å². The third-order valence-electron chi connectivity index (χ3n) is 4.60. The van der Waals surface area contributed by atoms with Crippen molar-refractivity contribution in [1.82, 2.24) is 15.3 Å². The van der Waals surface area contributed by atoms with Crippen LogP contribution < -0.4 is 20.9 Å². The highest BCUT2D eigenvalue weighted by molar-refractivity contribution is 6.09. The van der Waals surface area contributed by atoms with Gasteiger partial charge in [-0.15, -0.1) is 12.4 Å². The highest BCUT2D eigenvalue weighted by Crippen LogP contribution is 2.32. The van der Waals surface area contributed by atoms with E-state index in [2.05, 4.69) is 15.3 Å². The van der Waals surface area contributed by atoms with Crippen molar-refractivity contribution in [1.29, 1.82) is 0 Å². The molecule has 1 aromatic carbocycles. The largest absolute Gasteiger partial charge is 0.416 e. The summed E-state index contributed by atoms with van der Waals surface area (Å²) in [4.78, 5) is 35.5. The molecule has 0 bridgehead atoms. The molecular formula is C19H22ClF3N6O2. The van der Waals surface area contributed by atoms with Gasteiger partial charge in [0.2, 0.25) is 5.95 Å². The molecule has 31 heavy (non-hydrogen) atoms. The summed E-state index contributed by atoms with van der Waals surface area (Å²) in [5.41, 5.74) is 5.14. The molecular weight excluding hydrogens is 437 g/mol. The molecule has 3 N–H and O–H groups in total. The average Bonchev–Trinajstić information content (AvgIpc) is 3.13. The van der Waals surface area contributed by atoms with E-state index in [1.807, 2.05) is 6.92 Å². The minimum absolute atomic E-state index is 0. The molecule has 2 heterocycles. The Labute approximate surface area is 183 Å². The van der Waals surface area contributed by atoms with Crippen LogP contribution in [-0.4, -0.2) is 41.5 Å². The van der Waals surface area contributed by atoms with Gasteiger partial charge in [-0.25, -0.2) is 9.78 Å². The van der Waals surface area contributed by atoms with Gasteiger partial charge in [-0.3, -0.25) is 9.69 Å². The van der Waals surface area contributed by atoms with Crippen LogP contribution in [0, 0.1) is 0 Å². The van der Waals surface area contributed by atoms with Gasteiger partial charge in [0.15, 0.2) is 0 Å². The zero-order chi connectivity index (χ0) is 21.9. The molecule has 2 aromatic rings.